The lowest BCUT2D eigenvalue weighted by Crippen LogP contribution is -2.15. The SMILES string of the molecule is CCCCCC1CCC(CCc2ccc(-c3ccc(OCCC)nn3)cc2)CC1. The van der Waals surface area contributed by atoms with Crippen LogP contribution in [0.3, 0.4) is 0 Å². The monoisotopic (exact) mass is 394 g/mol. The Labute approximate surface area is 177 Å². The molecular weight excluding hydrogens is 356 g/mol. The topological polar surface area (TPSA) is 35.0 Å². The second-order valence-electron chi connectivity index (χ2n) is 8.72. The molecule has 1 heterocycles. The molecule has 1 aromatic heterocycles. The van der Waals surface area contributed by atoms with Crippen LogP contribution in [0.25, 0.3) is 11.3 Å². The predicted octanol–water partition coefficient (Wildman–Crippen LogP) is 7.25. The zero-order chi connectivity index (χ0) is 20.3. The van der Waals surface area contributed by atoms with Crippen LogP contribution in [-0.2, 0) is 6.42 Å². The van der Waals surface area contributed by atoms with E-state index in [1.54, 1.807) is 0 Å². The van der Waals surface area contributed by atoms with Crippen LogP contribution in [0.5, 0.6) is 5.88 Å². The molecule has 3 rings (SSSR count). The molecule has 3 heteroatoms. The van der Waals surface area contributed by atoms with Crippen LogP contribution in [0, 0.1) is 11.8 Å². The standard InChI is InChI=1S/C26H38N2O/c1-3-5-6-7-21-8-10-22(11-9-21)12-13-23-14-16-24(17-15-23)25-18-19-26(28-27-25)29-20-4-2/h14-19,21-22H,3-13,20H2,1-2H3. The lowest BCUT2D eigenvalue weighted by atomic mass is 9.78. The van der Waals surface area contributed by atoms with Gasteiger partial charge in [-0.1, -0.05) is 89.5 Å². The van der Waals surface area contributed by atoms with Gasteiger partial charge in [-0.2, -0.15) is 0 Å². The summed E-state index contributed by atoms with van der Waals surface area (Å²) in [5, 5.41) is 8.48. The minimum absolute atomic E-state index is 0.604. The van der Waals surface area contributed by atoms with Gasteiger partial charge in [0, 0.05) is 11.6 Å². The van der Waals surface area contributed by atoms with E-state index in [-0.39, 0.29) is 0 Å². The summed E-state index contributed by atoms with van der Waals surface area (Å²) in [7, 11) is 0. The number of benzene rings is 1. The average molecular weight is 395 g/mol. The van der Waals surface area contributed by atoms with Crippen molar-refractivity contribution >= 4 is 0 Å². The Hall–Kier alpha value is -1.90. The van der Waals surface area contributed by atoms with Gasteiger partial charge in [0.15, 0.2) is 0 Å². The first-order valence-corrected chi connectivity index (χ1v) is 11.8. The van der Waals surface area contributed by atoms with Crippen LogP contribution in [-0.4, -0.2) is 16.8 Å². The van der Waals surface area contributed by atoms with Crippen molar-refractivity contribution in [3.05, 3.63) is 42.0 Å². The summed E-state index contributed by atoms with van der Waals surface area (Å²) in [4.78, 5) is 0. The Morgan fingerprint density at radius 1 is 0.793 bits per heavy atom. The van der Waals surface area contributed by atoms with Gasteiger partial charge in [0.25, 0.3) is 0 Å². The molecule has 0 unspecified atom stereocenters. The molecule has 0 atom stereocenters. The molecule has 1 aliphatic carbocycles. The fourth-order valence-corrected chi connectivity index (χ4v) is 4.46. The van der Waals surface area contributed by atoms with Crippen molar-refractivity contribution in [2.45, 2.75) is 84.5 Å². The van der Waals surface area contributed by atoms with E-state index < -0.39 is 0 Å². The predicted molar refractivity (Wildman–Crippen MR) is 121 cm³/mol. The Balaban J connectivity index is 1.42. The van der Waals surface area contributed by atoms with E-state index in [1.807, 2.05) is 12.1 Å². The molecule has 1 aliphatic rings. The minimum atomic E-state index is 0.604. The number of rotatable bonds is 11. The molecule has 0 bridgehead atoms. The summed E-state index contributed by atoms with van der Waals surface area (Å²) in [6, 6.07) is 12.8. The van der Waals surface area contributed by atoms with Gasteiger partial charge < -0.3 is 4.74 Å². The van der Waals surface area contributed by atoms with E-state index in [4.69, 9.17) is 4.74 Å². The Bertz CT molecular complexity index is 688. The number of aromatic nitrogens is 2. The van der Waals surface area contributed by atoms with Crippen molar-refractivity contribution in [3.8, 4) is 17.1 Å². The molecule has 1 saturated carbocycles. The number of nitrogens with zero attached hydrogens (tertiary/aromatic N) is 2. The highest BCUT2D eigenvalue weighted by Gasteiger charge is 2.20. The third-order valence-corrected chi connectivity index (χ3v) is 6.37. The minimum Gasteiger partial charge on any atom is -0.477 e. The normalized spacial score (nSPS) is 19.2. The van der Waals surface area contributed by atoms with Crippen LogP contribution in [0.15, 0.2) is 36.4 Å². The lowest BCUT2D eigenvalue weighted by molar-refractivity contribution is 0.249. The number of unbranched alkanes of at least 4 members (excludes halogenated alkanes) is 2. The fourth-order valence-electron chi connectivity index (χ4n) is 4.46. The van der Waals surface area contributed by atoms with Crippen LogP contribution in [0.1, 0.15) is 83.6 Å². The summed E-state index contributed by atoms with van der Waals surface area (Å²) >= 11 is 0. The molecule has 3 nitrogen and oxygen atoms in total. The molecule has 1 aromatic carbocycles. The molecule has 0 N–H and O–H groups in total. The third kappa shape index (κ3) is 7.13. The quantitative estimate of drug-likeness (QED) is 0.376. The van der Waals surface area contributed by atoms with Gasteiger partial charge in [-0.3, -0.25) is 0 Å². The first-order valence-electron chi connectivity index (χ1n) is 11.8. The maximum Gasteiger partial charge on any atom is 0.233 e. The maximum atomic E-state index is 5.51. The Morgan fingerprint density at radius 2 is 1.52 bits per heavy atom. The largest absolute Gasteiger partial charge is 0.477 e. The zero-order valence-corrected chi connectivity index (χ0v) is 18.4. The highest BCUT2D eigenvalue weighted by atomic mass is 16.5. The van der Waals surface area contributed by atoms with Crippen molar-refractivity contribution in [3.63, 3.8) is 0 Å². The van der Waals surface area contributed by atoms with Crippen molar-refractivity contribution in [2.75, 3.05) is 6.61 Å². The molecule has 2 aromatic rings. The van der Waals surface area contributed by atoms with E-state index in [9.17, 15) is 0 Å². The van der Waals surface area contributed by atoms with Crippen LogP contribution in [0.4, 0.5) is 0 Å². The van der Waals surface area contributed by atoms with Gasteiger partial charge in [-0.15, -0.1) is 10.2 Å². The second kappa shape index (κ2) is 11.9. The van der Waals surface area contributed by atoms with Gasteiger partial charge in [-0.25, -0.2) is 0 Å². The third-order valence-electron chi connectivity index (χ3n) is 6.37. The molecule has 0 amide bonds. The summed E-state index contributed by atoms with van der Waals surface area (Å²) in [6.07, 6.45) is 15.0. The van der Waals surface area contributed by atoms with Crippen LogP contribution in [0.2, 0.25) is 0 Å². The molecule has 29 heavy (non-hydrogen) atoms. The van der Waals surface area contributed by atoms with E-state index in [0.717, 1.165) is 29.5 Å². The van der Waals surface area contributed by atoms with Crippen molar-refractivity contribution in [2.24, 2.45) is 11.8 Å². The first-order chi connectivity index (χ1) is 14.3. The Morgan fingerprint density at radius 3 is 2.14 bits per heavy atom. The molecular formula is C26H38N2O. The van der Waals surface area contributed by atoms with E-state index >= 15 is 0 Å². The molecule has 0 radical (unpaired) electrons. The van der Waals surface area contributed by atoms with Gasteiger partial charge in [0.05, 0.1) is 12.3 Å². The van der Waals surface area contributed by atoms with Gasteiger partial charge in [0.2, 0.25) is 5.88 Å². The maximum absolute atomic E-state index is 5.51. The van der Waals surface area contributed by atoms with E-state index in [1.165, 1.54) is 69.8 Å². The Kier molecular flexibility index (Phi) is 8.98. The van der Waals surface area contributed by atoms with Gasteiger partial charge in [0.1, 0.15) is 0 Å². The van der Waals surface area contributed by atoms with E-state index in [0.29, 0.717) is 12.5 Å². The highest BCUT2D eigenvalue weighted by Crippen LogP contribution is 2.34. The number of ether oxygens (including phenoxy) is 1. The zero-order valence-electron chi connectivity index (χ0n) is 18.4. The van der Waals surface area contributed by atoms with Crippen molar-refractivity contribution < 1.29 is 4.74 Å². The average Bonchev–Trinajstić information content (AvgIpc) is 2.78. The van der Waals surface area contributed by atoms with Crippen molar-refractivity contribution in [1.29, 1.82) is 0 Å². The summed E-state index contributed by atoms with van der Waals surface area (Å²) in [5.74, 6) is 2.54. The summed E-state index contributed by atoms with van der Waals surface area (Å²) in [6.45, 7) is 5.07. The number of hydrogen-bond donors (Lipinski definition) is 0. The molecule has 0 aliphatic heterocycles. The van der Waals surface area contributed by atoms with Gasteiger partial charge >= 0.3 is 0 Å². The second-order valence-corrected chi connectivity index (χ2v) is 8.72. The highest BCUT2D eigenvalue weighted by molar-refractivity contribution is 5.59. The van der Waals surface area contributed by atoms with E-state index in [2.05, 4.69) is 48.3 Å². The summed E-state index contributed by atoms with van der Waals surface area (Å²) < 4.78 is 5.51. The van der Waals surface area contributed by atoms with Gasteiger partial charge in [-0.05, 0) is 42.7 Å². The van der Waals surface area contributed by atoms with Crippen molar-refractivity contribution in [1.82, 2.24) is 10.2 Å². The van der Waals surface area contributed by atoms with Crippen LogP contribution < -0.4 is 4.74 Å². The number of aryl methyl sites for hydroxylation is 1. The van der Waals surface area contributed by atoms with Crippen LogP contribution >= 0.6 is 0 Å². The molecule has 158 valence electrons. The number of hydrogen-bond acceptors (Lipinski definition) is 3. The fraction of sp³-hybridized carbons (Fsp3) is 0.615. The summed E-state index contributed by atoms with van der Waals surface area (Å²) in [5.41, 5.74) is 3.47. The first kappa shape index (κ1) is 21.8. The molecule has 1 fully saturated rings. The molecule has 0 saturated heterocycles. The smallest absolute Gasteiger partial charge is 0.233 e. The molecule has 0 spiro atoms. The lowest BCUT2D eigenvalue weighted by Gasteiger charge is -2.28.